The van der Waals surface area contributed by atoms with Gasteiger partial charge in [0.15, 0.2) is 0 Å². The fourth-order valence-corrected chi connectivity index (χ4v) is 4.11. The highest BCUT2D eigenvalue weighted by atomic mass is 16.5. The van der Waals surface area contributed by atoms with Crippen LogP contribution in [0.2, 0.25) is 0 Å². The first-order chi connectivity index (χ1) is 15.0. The molecule has 1 fully saturated rings. The Morgan fingerprint density at radius 3 is 2.16 bits per heavy atom. The lowest BCUT2D eigenvalue weighted by Crippen LogP contribution is -2.40. The monoisotopic (exact) mass is 421 g/mol. The SMILES string of the molecule is COC(=O)c1ccc(NC(=O)Nc2ccc3c(c2)C(=O)N(C2CCCCC2)C3=O)cc1. The predicted octanol–water partition coefficient (Wildman–Crippen LogP) is 4.05. The first kappa shape index (κ1) is 20.6. The van der Waals surface area contributed by atoms with Crippen LogP contribution in [0.3, 0.4) is 0 Å². The zero-order chi connectivity index (χ0) is 22.0. The van der Waals surface area contributed by atoms with E-state index in [-0.39, 0.29) is 17.9 Å². The molecule has 0 bridgehead atoms. The summed E-state index contributed by atoms with van der Waals surface area (Å²) in [5.41, 5.74) is 1.96. The molecular formula is C23H23N3O5. The number of hydrogen-bond donors (Lipinski definition) is 2. The van der Waals surface area contributed by atoms with E-state index in [0.717, 1.165) is 32.1 Å². The van der Waals surface area contributed by atoms with Crippen molar-refractivity contribution in [1.29, 1.82) is 0 Å². The third kappa shape index (κ3) is 4.14. The van der Waals surface area contributed by atoms with Crippen LogP contribution in [0.4, 0.5) is 16.2 Å². The molecule has 2 aromatic carbocycles. The molecule has 0 saturated heterocycles. The van der Waals surface area contributed by atoms with Crippen LogP contribution in [0.25, 0.3) is 0 Å². The summed E-state index contributed by atoms with van der Waals surface area (Å²) >= 11 is 0. The molecule has 1 aliphatic carbocycles. The van der Waals surface area contributed by atoms with Crippen LogP contribution in [0.15, 0.2) is 42.5 Å². The maximum atomic E-state index is 12.9. The maximum absolute atomic E-state index is 12.9. The van der Waals surface area contributed by atoms with Gasteiger partial charge in [0.2, 0.25) is 0 Å². The molecule has 8 nitrogen and oxygen atoms in total. The van der Waals surface area contributed by atoms with Crippen LogP contribution >= 0.6 is 0 Å². The van der Waals surface area contributed by atoms with Crippen molar-refractivity contribution in [1.82, 2.24) is 4.90 Å². The van der Waals surface area contributed by atoms with E-state index in [1.54, 1.807) is 42.5 Å². The van der Waals surface area contributed by atoms with Gasteiger partial charge in [-0.2, -0.15) is 0 Å². The second kappa shape index (κ2) is 8.59. The minimum absolute atomic E-state index is 0.0474. The molecular weight excluding hydrogens is 398 g/mol. The van der Waals surface area contributed by atoms with Gasteiger partial charge in [0, 0.05) is 17.4 Å². The Hall–Kier alpha value is -3.68. The van der Waals surface area contributed by atoms with Gasteiger partial charge in [-0.15, -0.1) is 0 Å². The smallest absolute Gasteiger partial charge is 0.337 e. The summed E-state index contributed by atoms with van der Waals surface area (Å²) in [5, 5.41) is 5.33. The second-order valence-electron chi connectivity index (χ2n) is 7.68. The molecule has 0 spiro atoms. The summed E-state index contributed by atoms with van der Waals surface area (Å²) in [4.78, 5) is 50.8. The zero-order valence-electron chi connectivity index (χ0n) is 17.1. The lowest BCUT2D eigenvalue weighted by atomic mass is 9.94. The van der Waals surface area contributed by atoms with Crippen molar-refractivity contribution in [2.24, 2.45) is 0 Å². The number of fused-ring (bicyclic) bond motifs is 1. The Bertz CT molecular complexity index is 1040. The lowest BCUT2D eigenvalue weighted by Gasteiger charge is -2.29. The number of methoxy groups -OCH3 is 1. The number of hydrogen-bond acceptors (Lipinski definition) is 5. The van der Waals surface area contributed by atoms with Gasteiger partial charge in [-0.05, 0) is 55.3 Å². The van der Waals surface area contributed by atoms with Crippen molar-refractivity contribution in [3.8, 4) is 0 Å². The van der Waals surface area contributed by atoms with Crippen LogP contribution < -0.4 is 10.6 Å². The lowest BCUT2D eigenvalue weighted by molar-refractivity contribution is 0.0546. The van der Waals surface area contributed by atoms with E-state index in [4.69, 9.17) is 0 Å². The fourth-order valence-electron chi connectivity index (χ4n) is 4.11. The quantitative estimate of drug-likeness (QED) is 0.573. The molecule has 8 heteroatoms. The van der Waals surface area contributed by atoms with Crippen LogP contribution in [-0.4, -0.2) is 41.9 Å². The number of esters is 1. The summed E-state index contributed by atoms with van der Waals surface area (Å²) in [6.07, 6.45) is 4.85. The maximum Gasteiger partial charge on any atom is 0.337 e. The molecule has 0 unspecified atom stereocenters. The number of anilines is 2. The number of benzene rings is 2. The summed E-state index contributed by atoms with van der Waals surface area (Å²) in [7, 11) is 1.30. The molecule has 0 atom stereocenters. The number of ether oxygens (including phenoxy) is 1. The van der Waals surface area contributed by atoms with Crippen LogP contribution in [-0.2, 0) is 4.74 Å². The Morgan fingerprint density at radius 2 is 1.48 bits per heavy atom. The number of nitrogens with zero attached hydrogens (tertiary/aromatic N) is 1. The Labute approximate surface area is 179 Å². The van der Waals surface area contributed by atoms with Gasteiger partial charge in [-0.3, -0.25) is 14.5 Å². The predicted molar refractivity (Wildman–Crippen MR) is 114 cm³/mol. The van der Waals surface area contributed by atoms with Crippen molar-refractivity contribution in [2.45, 2.75) is 38.1 Å². The Kier molecular flexibility index (Phi) is 5.70. The first-order valence-electron chi connectivity index (χ1n) is 10.3. The average Bonchev–Trinajstić information content (AvgIpc) is 3.03. The number of amides is 4. The molecule has 1 aliphatic heterocycles. The molecule has 0 radical (unpaired) electrons. The number of urea groups is 1. The highest BCUT2D eigenvalue weighted by Gasteiger charge is 2.40. The van der Waals surface area contributed by atoms with E-state index in [0.29, 0.717) is 28.1 Å². The second-order valence-corrected chi connectivity index (χ2v) is 7.68. The molecule has 4 amide bonds. The van der Waals surface area contributed by atoms with Crippen molar-refractivity contribution in [2.75, 3.05) is 17.7 Å². The summed E-state index contributed by atoms with van der Waals surface area (Å²) in [6.45, 7) is 0. The van der Waals surface area contributed by atoms with Gasteiger partial charge in [0.25, 0.3) is 11.8 Å². The van der Waals surface area contributed by atoms with Crippen molar-refractivity contribution in [3.63, 3.8) is 0 Å². The molecule has 4 rings (SSSR count). The highest BCUT2D eigenvalue weighted by molar-refractivity contribution is 6.22. The molecule has 1 saturated carbocycles. The van der Waals surface area contributed by atoms with E-state index >= 15 is 0 Å². The molecule has 2 N–H and O–H groups in total. The van der Waals surface area contributed by atoms with E-state index in [9.17, 15) is 19.2 Å². The van der Waals surface area contributed by atoms with Gasteiger partial charge >= 0.3 is 12.0 Å². The van der Waals surface area contributed by atoms with E-state index in [2.05, 4.69) is 15.4 Å². The van der Waals surface area contributed by atoms with Crippen LogP contribution in [0, 0.1) is 0 Å². The average molecular weight is 421 g/mol. The largest absolute Gasteiger partial charge is 0.465 e. The normalized spacial score (nSPS) is 16.1. The number of nitrogens with one attached hydrogen (secondary N) is 2. The van der Waals surface area contributed by atoms with Gasteiger partial charge < -0.3 is 15.4 Å². The third-order valence-corrected chi connectivity index (χ3v) is 5.68. The summed E-state index contributed by atoms with van der Waals surface area (Å²) in [6, 6.07) is 10.4. The van der Waals surface area contributed by atoms with Crippen molar-refractivity contribution < 1.29 is 23.9 Å². The van der Waals surface area contributed by atoms with Gasteiger partial charge in [-0.1, -0.05) is 19.3 Å². The molecule has 2 aromatic rings. The first-order valence-corrected chi connectivity index (χ1v) is 10.3. The number of carbonyl (C=O) groups is 4. The van der Waals surface area contributed by atoms with Crippen molar-refractivity contribution in [3.05, 3.63) is 59.2 Å². The van der Waals surface area contributed by atoms with Crippen LogP contribution in [0.5, 0.6) is 0 Å². The topological polar surface area (TPSA) is 105 Å². The fraction of sp³-hybridized carbons (Fsp3) is 0.304. The minimum Gasteiger partial charge on any atom is -0.465 e. The molecule has 2 aliphatic rings. The van der Waals surface area contributed by atoms with E-state index in [1.165, 1.54) is 12.0 Å². The molecule has 31 heavy (non-hydrogen) atoms. The van der Waals surface area contributed by atoms with Crippen LogP contribution in [0.1, 0.15) is 63.2 Å². The standard InChI is InChI=1S/C23H23N3O5/c1-31-22(29)14-7-9-15(10-8-14)24-23(30)25-16-11-12-18-19(13-16)21(28)26(20(18)27)17-5-3-2-4-6-17/h7-13,17H,2-6H2,1H3,(H2,24,25,30). The summed E-state index contributed by atoms with van der Waals surface area (Å²) in [5.74, 6) is -1.02. The molecule has 1 heterocycles. The Balaban J connectivity index is 1.43. The van der Waals surface area contributed by atoms with E-state index < -0.39 is 12.0 Å². The highest BCUT2D eigenvalue weighted by Crippen LogP contribution is 2.32. The summed E-state index contributed by atoms with van der Waals surface area (Å²) < 4.78 is 4.64. The molecule has 160 valence electrons. The molecule has 0 aromatic heterocycles. The number of imide groups is 1. The van der Waals surface area contributed by atoms with Gasteiger partial charge in [-0.25, -0.2) is 9.59 Å². The van der Waals surface area contributed by atoms with Gasteiger partial charge in [0.1, 0.15) is 0 Å². The zero-order valence-corrected chi connectivity index (χ0v) is 17.1. The number of carbonyl (C=O) groups excluding carboxylic acids is 4. The van der Waals surface area contributed by atoms with Crippen molar-refractivity contribution >= 4 is 35.2 Å². The Morgan fingerprint density at radius 1 is 0.871 bits per heavy atom. The van der Waals surface area contributed by atoms with E-state index in [1.807, 2.05) is 0 Å². The van der Waals surface area contributed by atoms with Gasteiger partial charge in [0.05, 0.1) is 23.8 Å². The minimum atomic E-state index is -0.508. The number of rotatable bonds is 4. The third-order valence-electron chi connectivity index (χ3n) is 5.68.